The molecule has 33 heavy (non-hydrogen) atoms. The molecule has 6 nitrogen and oxygen atoms in total. The lowest BCUT2D eigenvalue weighted by Gasteiger charge is -2.27. The van der Waals surface area contributed by atoms with Crippen LogP contribution in [-0.4, -0.2) is 26.8 Å². The molecule has 1 N–H and O–H groups in total. The number of benzene rings is 2. The maximum absolute atomic E-state index is 13.3. The van der Waals surface area contributed by atoms with Gasteiger partial charge in [-0.1, -0.05) is 43.8 Å². The third kappa shape index (κ3) is 5.20. The lowest BCUT2D eigenvalue weighted by Crippen LogP contribution is -2.49. The summed E-state index contributed by atoms with van der Waals surface area (Å²) in [4.78, 5) is 30.2. The van der Waals surface area contributed by atoms with Gasteiger partial charge in [-0.05, 0) is 43.2 Å². The van der Waals surface area contributed by atoms with Crippen molar-refractivity contribution in [2.75, 3.05) is 5.75 Å². The minimum atomic E-state index is -4.59. The Morgan fingerprint density at radius 3 is 2.55 bits per heavy atom. The van der Waals surface area contributed by atoms with E-state index >= 15 is 0 Å². The van der Waals surface area contributed by atoms with Crippen LogP contribution in [0.15, 0.2) is 58.5 Å². The van der Waals surface area contributed by atoms with E-state index in [1.807, 2.05) is 0 Å². The van der Waals surface area contributed by atoms with Crippen molar-refractivity contribution in [1.82, 2.24) is 14.9 Å². The summed E-state index contributed by atoms with van der Waals surface area (Å²) in [6.07, 6.45) is -4.59. The van der Waals surface area contributed by atoms with Gasteiger partial charge in [0.2, 0.25) is 5.91 Å². The lowest BCUT2D eigenvalue weighted by atomic mass is 9.90. The van der Waals surface area contributed by atoms with Crippen molar-refractivity contribution < 1.29 is 18.0 Å². The fraction of sp³-hybridized carbons (Fsp3) is 0.304. The molecule has 0 radical (unpaired) electrons. The average molecular weight is 475 g/mol. The van der Waals surface area contributed by atoms with Gasteiger partial charge in [0, 0.05) is 0 Å². The number of carbonyl (C=O) groups excluding carboxylic acids is 1. The van der Waals surface area contributed by atoms with Gasteiger partial charge in [0.05, 0.1) is 34.0 Å². The summed E-state index contributed by atoms with van der Waals surface area (Å²) in [6.45, 7) is 5.20. The van der Waals surface area contributed by atoms with Gasteiger partial charge in [-0.15, -0.1) is 0 Å². The number of nitrogens with zero attached hydrogens (tertiary/aromatic N) is 3. The van der Waals surface area contributed by atoms with Gasteiger partial charge < -0.3 is 5.32 Å². The minimum absolute atomic E-state index is 0.0139. The molecule has 0 saturated carbocycles. The average Bonchev–Trinajstić information content (AvgIpc) is 2.77. The number of rotatable bonds is 6. The quantitative estimate of drug-likeness (QED) is 0.418. The Kier molecular flexibility index (Phi) is 6.84. The number of amides is 1. The number of hydrogen-bond donors (Lipinski definition) is 1. The molecule has 172 valence electrons. The summed E-state index contributed by atoms with van der Waals surface area (Å²) in [6, 6.07) is 12.9. The molecule has 3 aromatic rings. The standard InChI is InChI=1S/C23H21F3N4O2S/c1-14(2)22(3,13-27)29-19(31)12-33-21-28-18-10-5-4-9-17(18)20(32)30(21)16-8-6-7-15(11-16)23(24,25)26/h4-11,14H,12H2,1-3H3,(H,29,31)/t22-/m1/s1. The van der Waals surface area contributed by atoms with Gasteiger partial charge in [0.1, 0.15) is 5.54 Å². The highest BCUT2D eigenvalue weighted by atomic mass is 32.2. The molecule has 1 aromatic heterocycles. The SMILES string of the molecule is CC(C)[C@@](C)(C#N)NC(=O)CSc1nc2ccccc2c(=O)n1-c1cccc(C(F)(F)F)c1. The van der Waals surface area contributed by atoms with Crippen molar-refractivity contribution in [3.8, 4) is 11.8 Å². The molecule has 1 amide bonds. The molecule has 0 unspecified atom stereocenters. The molecule has 2 aromatic carbocycles. The highest BCUT2D eigenvalue weighted by molar-refractivity contribution is 7.99. The monoisotopic (exact) mass is 474 g/mol. The molecule has 0 aliphatic carbocycles. The van der Waals surface area contributed by atoms with Crippen LogP contribution in [0.5, 0.6) is 0 Å². The van der Waals surface area contributed by atoms with Gasteiger partial charge in [-0.2, -0.15) is 18.4 Å². The Morgan fingerprint density at radius 2 is 1.91 bits per heavy atom. The summed E-state index contributed by atoms with van der Waals surface area (Å²) < 4.78 is 40.9. The van der Waals surface area contributed by atoms with Crippen LogP contribution < -0.4 is 10.9 Å². The molecule has 3 rings (SSSR count). The summed E-state index contributed by atoms with van der Waals surface area (Å²) >= 11 is 0.904. The van der Waals surface area contributed by atoms with Crippen LogP contribution in [0.3, 0.4) is 0 Å². The van der Waals surface area contributed by atoms with E-state index < -0.39 is 28.7 Å². The minimum Gasteiger partial charge on any atom is -0.337 e. The van der Waals surface area contributed by atoms with Crippen LogP contribution in [0, 0.1) is 17.2 Å². The first-order valence-corrected chi connectivity index (χ1v) is 11.0. The predicted octanol–water partition coefficient (Wildman–Crippen LogP) is 4.55. The molecule has 0 bridgehead atoms. The summed E-state index contributed by atoms with van der Waals surface area (Å²) in [5, 5.41) is 12.4. The molecule has 10 heteroatoms. The van der Waals surface area contributed by atoms with Gasteiger partial charge >= 0.3 is 6.18 Å². The fourth-order valence-electron chi connectivity index (χ4n) is 3.02. The van der Waals surface area contributed by atoms with Crippen LogP contribution >= 0.6 is 11.8 Å². The molecule has 0 spiro atoms. The number of nitriles is 1. The first-order valence-electron chi connectivity index (χ1n) is 10.0. The van der Waals surface area contributed by atoms with Crippen LogP contribution in [0.25, 0.3) is 16.6 Å². The summed E-state index contributed by atoms with van der Waals surface area (Å²) in [7, 11) is 0. The van der Waals surface area contributed by atoms with E-state index in [9.17, 15) is 28.0 Å². The maximum Gasteiger partial charge on any atom is 0.416 e. The van der Waals surface area contributed by atoms with Crippen molar-refractivity contribution in [2.45, 2.75) is 37.6 Å². The van der Waals surface area contributed by atoms with E-state index in [1.54, 1.807) is 39.0 Å². The van der Waals surface area contributed by atoms with E-state index in [0.29, 0.717) is 5.52 Å². The summed E-state index contributed by atoms with van der Waals surface area (Å²) in [5.74, 6) is -0.803. The number of alkyl halides is 3. The molecule has 1 heterocycles. The predicted molar refractivity (Wildman–Crippen MR) is 120 cm³/mol. The smallest absolute Gasteiger partial charge is 0.337 e. The topological polar surface area (TPSA) is 87.8 Å². The van der Waals surface area contributed by atoms with Crippen molar-refractivity contribution in [1.29, 1.82) is 5.26 Å². The van der Waals surface area contributed by atoms with Crippen LogP contribution in [0.4, 0.5) is 13.2 Å². The normalized spacial score (nSPS) is 13.5. The number of halogens is 3. The Hall–Kier alpha value is -3.32. The zero-order valence-electron chi connectivity index (χ0n) is 18.1. The van der Waals surface area contributed by atoms with Gasteiger partial charge in [-0.3, -0.25) is 14.2 Å². The maximum atomic E-state index is 13.3. The van der Waals surface area contributed by atoms with E-state index in [2.05, 4.69) is 16.4 Å². The Labute approximate surface area is 192 Å². The third-order valence-electron chi connectivity index (χ3n) is 5.30. The first-order chi connectivity index (χ1) is 15.5. The van der Waals surface area contributed by atoms with Crippen molar-refractivity contribution >= 4 is 28.6 Å². The highest BCUT2D eigenvalue weighted by Crippen LogP contribution is 2.31. The van der Waals surface area contributed by atoms with Crippen LogP contribution in [-0.2, 0) is 11.0 Å². The number of carbonyl (C=O) groups is 1. The van der Waals surface area contributed by atoms with Gasteiger partial charge in [0.25, 0.3) is 5.56 Å². The number of hydrogen-bond acceptors (Lipinski definition) is 5. The van der Waals surface area contributed by atoms with E-state index in [4.69, 9.17) is 0 Å². The molecule has 1 atom stereocenters. The zero-order chi connectivity index (χ0) is 24.4. The van der Waals surface area contributed by atoms with Crippen molar-refractivity contribution in [3.05, 3.63) is 64.4 Å². The Balaban J connectivity index is 2.04. The lowest BCUT2D eigenvalue weighted by molar-refractivity contribution is -0.137. The van der Waals surface area contributed by atoms with Crippen molar-refractivity contribution in [2.24, 2.45) is 5.92 Å². The number of thioether (sulfide) groups is 1. The Morgan fingerprint density at radius 1 is 1.21 bits per heavy atom. The number of para-hydroxylation sites is 1. The highest BCUT2D eigenvalue weighted by Gasteiger charge is 2.31. The number of fused-ring (bicyclic) bond motifs is 1. The van der Waals surface area contributed by atoms with Gasteiger partial charge in [-0.25, -0.2) is 4.98 Å². The van der Waals surface area contributed by atoms with Crippen LogP contribution in [0.2, 0.25) is 0 Å². The first kappa shape index (κ1) is 24.3. The molecule has 0 saturated heterocycles. The largest absolute Gasteiger partial charge is 0.416 e. The second-order valence-electron chi connectivity index (χ2n) is 7.91. The van der Waals surface area contributed by atoms with E-state index in [-0.39, 0.29) is 27.9 Å². The molecular formula is C23H21F3N4O2S. The molecule has 0 aliphatic rings. The van der Waals surface area contributed by atoms with Crippen molar-refractivity contribution in [3.63, 3.8) is 0 Å². The second kappa shape index (κ2) is 9.27. The zero-order valence-corrected chi connectivity index (χ0v) is 18.9. The fourth-order valence-corrected chi connectivity index (χ4v) is 3.83. The molecular weight excluding hydrogens is 453 g/mol. The molecule has 0 fully saturated rings. The van der Waals surface area contributed by atoms with E-state index in [0.717, 1.165) is 28.5 Å². The Bertz CT molecular complexity index is 1300. The van der Waals surface area contributed by atoms with Crippen LogP contribution in [0.1, 0.15) is 26.3 Å². The molecule has 0 aliphatic heterocycles. The van der Waals surface area contributed by atoms with E-state index in [1.165, 1.54) is 18.2 Å². The third-order valence-corrected chi connectivity index (χ3v) is 6.23. The summed E-state index contributed by atoms with van der Waals surface area (Å²) in [5.41, 5.74) is -2.20. The van der Waals surface area contributed by atoms with Gasteiger partial charge in [0.15, 0.2) is 5.16 Å². The second-order valence-corrected chi connectivity index (χ2v) is 8.85. The number of nitrogens with one attached hydrogen (secondary N) is 1. The number of aromatic nitrogens is 2.